The van der Waals surface area contributed by atoms with E-state index in [9.17, 15) is 4.79 Å². The van der Waals surface area contributed by atoms with E-state index in [1.807, 2.05) is 41.1 Å². The van der Waals surface area contributed by atoms with Crippen LogP contribution in [0.3, 0.4) is 0 Å². The second-order valence-corrected chi connectivity index (χ2v) is 6.78. The maximum absolute atomic E-state index is 12.2. The van der Waals surface area contributed by atoms with Gasteiger partial charge in [-0.3, -0.25) is 4.79 Å². The summed E-state index contributed by atoms with van der Waals surface area (Å²) in [4.78, 5) is 13.0. The summed E-state index contributed by atoms with van der Waals surface area (Å²) in [7, 11) is 0. The molecule has 0 aliphatic carbocycles. The van der Waals surface area contributed by atoms with E-state index in [4.69, 9.17) is 5.26 Å². The van der Waals surface area contributed by atoms with Crippen molar-refractivity contribution in [2.45, 2.75) is 6.54 Å². The Morgan fingerprint density at radius 3 is 2.85 bits per heavy atom. The number of carbonyl (C=O) groups is 1. The van der Waals surface area contributed by atoms with E-state index < -0.39 is 0 Å². The van der Waals surface area contributed by atoms with Crippen LogP contribution < -0.4 is 0 Å². The van der Waals surface area contributed by atoms with Crippen LogP contribution in [-0.4, -0.2) is 10.4 Å². The zero-order valence-corrected chi connectivity index (χ0v) is 12.7. The summed E-state index contributed by atoms with van der Waals surface area (Å²) in [5, 5.41) is 9.96. The van der Waals surface area contributed by atoms with Crippen molar-refractivity contribution in [2.24, 2.45) is 0 Å². The molecule has 0 unspecified atom stereocenters. The summed E-state index contributed by atoms with van der Waals surface area (Å²) in [6, 6.07) is 13.3. The molecule has 0 saturated carbocycles. The summed E-state index contributed by atoms with van der Waals surface area (Å²) in [5.41, 5.74) is 1.54. The minimum atomic E-state index is 0.0700. The van der Waals surface area contributed by atoms with Crippen LogP contribution in [0.4, 0.5) is 0 Å². The average Bonchev–Trinajstić information content (AvgIpc) is 3.05. The number of thiophene rings is 1. The van der Waals surface area contributed by atoms with Gasteiger partial charge in [0.25, 0.3) is 0 Å². The van der Waals surface area contributed by atoms with Crippen LogP contribution in [0, 0.1) is 11.3 Å². The Morgan fingerprint density at radius 1 is 1.30 bits per heavy atom. The number of ketones is 1. The van der Waals surface area contributed by atoms with Crippen LogP contribution in [0.5, 0.6) is 0 Å². The summed E-state index contributed by atoms with van der Waals surface area (Å²) >= 11 is 4.79. The molecule has 2 aromatic heterocycles. The van der Waals surface area contributed by atoms with Gasteiger partial charge in [-0.1, -0.05) is 6.07 Å². The molecule has 0 aliphatic heterocycles. The molecule has 0 N–H and O–H groups in total. The van der Waals surface area contributed by atoms with E-state index in [1.165, 1.54) is 11.3 Å². The van der Waals surface area contributed by atoms with Gasteiger partial charge in [0, 0.05) is 17.1 Å². The van der Waals surface area contributed by atoms with Crippen molar-refractivity contribution < 1.29 is 4.79 Å². The lowest BCUT2D eigenvalue weighted by Gasteiger charge is -2.03. The maximum atomic E-state index is 12.2. The lowest BCUT2D eigenvalue weighted by Crippen LogP contribution is -2.07. The lowest BCUT2D eigenvalue weighted by atomic mass is 10.1. The fourth-order valence-electron chi connectivity index (χ4n) is 2.16. The number of hydrogen-bond acceptors (Lipinski definition) is 3. The molecule has 3 aromatic rings. The second kappa shape index (κ2) is 5.23. The van der Waals surface area contributed by atoms with Crippen molar-refractivity contribution in [3.05, 3.63) is 56.8 Å². The van der Waals surface area contributed by atoms with Crippen LogP contribution in [0.1, 0.15) is 15.2 Å². The molecule has 2 heterocycles. The minimum absolute atomic E-state index is 0.0700. The van der Waals surface area contributed by atoms with Crippen LogP contribution in [-0.2, 0) is 6.54 Å². The highest BCUT2D eigenvalue weighted by atomic mass is 79.9. The van der Waals surface area contributed by atoms with Crippen molar-refractivity contribution in [1.82, 2.24) is 4.57 Å². The Morgan fingerprint density at radius 2 is 2.15 bits per heavy atom. The van der Waals surface area contributed by atoms with Crippen molar-refractivity contribution in [2.75, 3.05) is 0 Å². The van der Waals surface area contributed by atoms with Crippen LogP contribution in [0.25, 0.3) is 10.9 Å². The Balaban J connectivity index is 1.96. The molecule has 20 heavy (non-hydrogen) atoms. The predicted octanol–water partition coefficient (Wildman–Crippen LogP) is 4.22. The molecule has 0 bridgehead atoms. The molecule has 0 radical (unpaired) electrons. The van der Waals surface area contributed by atoms with E-state index in [1.54, 1.807) is 6.07 Å². The quantitative estimate of drug-likeness (QED) is 0.667. The van der Waals surface area contributed by atoms with E-state index >= 15 is 0 Å². The van der Waals surface area contributed by atoms with Gasteiger partial charge in [-0.05, 0) is 46.3 Å². The second-order valence-electron chi connectivity index (χ2n) is 4.32. The Kier molecular flexibility index (Phi) is 3.43. The molecule has 0 amide bonds. The summed E-state index contributed by atoms with van der Waals surface area (Å²) < 4.78 is 2.83. The first kappa shape index (κ1) is 13.1. The van der Waals surface area contributed by atoms with E-state index in [2.05, 4.69) is 22.0 Å². The zero-order chi connectivity index (χ0) is 14.1. The summed E-state index contributed by atoms with van der Waals surface area (Å²) in [5.74, 6) is 0.0700. The van der Waals surface area contributed by atoms with Crippen molar-refractivity contribution in [3.63, 3.8) is 0 Å². The van der Waals surface area contributed by atoms with Gasteiger partial charge in [0.15, 0.2) is 5.78 Å². The molecule has 0 fully saturated rings. The molecule has 5 heteroatoms. The number of aromatic nitrogens is 1. The molecule has 3 nitrogen and oxygen atoms in total. The van der Waals surface area contributed by atoms with E-state index in [-0.39, 0.29) is 12.3 Å². The molecule has 0 spiro atoms. The first-order valence-corrected chi connectivity index (χ1v) is 7.56. The fraction of sp³-hybridized carbons (Fsp3) is 0.0667. The number of hydrogen-bond donors (Lipinski definition) is 0. The smallest absolute Gasteiger partial charge is 0.192 e. The van der Waals surface area contributed by atoms with Gasteiger partial charge in [0.2, 0.25) is 0 Å². The van der Waals surface area contributed by atoms with Crippen molar-refractivity contribution in [3.8, 4) is 6.07 Å². The number of nitrogens with zero attached hydrogens (tertiary/aromatic N) is 2. The number of rotatable bonds is 3. The molecule has 0 saturated heterocycles. The SMILES string of the molecule is N#Cc1cccc2c1ccn2CC(=O)c1ccc(Br)s1. The number of Topliss-reactive ketones (excluding diaryl/α,β-unsaturated/α-hetero) is 1. The lowest BCUT2D eigenvalue weighted by molar-refractivity contribution is 0.0977. The monoisotopic (exact) mass is 344 g/mol. The Labute approximate surface area is 128 Å². The topological polar surface area (TPSA) is 45.8 Å². The third kappa shape index (κ3) is 2.28. The number of nitriles is 1. The number of carbonyl (C=O) groups excluding carboxylic acids is 1. The minimum Gasteiger partial charge on any atom is -0.340 e. The van der Waals surface area contributed by atoms with Gasteiger partial charge in [-0.15, -0.1) is 11.3 Å². The molecular formula is C15H9BrN2OS. The van der Waals surface area contributed by atoms with Gasteiger partial charge in [-0.25, -0.2) is 0 Å². The van der Waals surface area contributed by atoms with Gasteiger partial charge < -0.3 is 4.57 Å². The van der Waals surface area contributed by atoms with Gasteiger partial charge in [0.05, 0.1) is 26.8 Å². The number of halogens is 1. The maximum Gasteiger partial charge on any atom is 0.192 e. The van der Waals surface area contributed by atoms with Crippen molar-refractivity contribution >= 4 is 44.0 Å². The van der Waals surface area contributed by atoms with Crippen LogP contribution in [0.2, 0.25) is 0 Å². The zero-order valence-electron chi connectivity index (χ0n) is 10.3. The number of benzene rings is 1. The predicted molar refractivity (Wildman–Crippen MR) is 83.0 cm³/mol. The molecule has 0 atom stereocenters. The fourth-order valence-corrected chi connectivity index (χ4v) is 3.47. The van der Waals surface area contributed by atoms with Gasteiger partial charge in [0.1, 0.15) is 0 Å². The standard InChI is InChI=1S/C15H9BrN2OS/c16-15-5-4-14(20-15)13(19)9-18-7-6-11-10(8-17)2-1-3-12(11)18/h1-7H,9H2. The molecule has 98 valence electrons. The average molecular weight is 345 g/mol. The Hall–Kier alpha value is -1.90. The normalized spacial score (nSPS) is 10.6. The third-order valence-electron chi connectivity index (χ3n) is 3.10. The summed E-state index contributed by atoms with van der Waals surface area (Å²) in [6.07, 6.45) is 1.85. The summed E-state index contributed by atoms with van der Waals surface area (Å²) in [6.45, 7) is 0.283. The molecule has 3 rings (SSSR count). The van der Waals surface area contributed by atoms with Gasteiger partial charge >= 0.3 is 0 Å². The first-order chi connectivity index (χ1) is 9.69. The van der Waals surface area contributed by atoms with Crippen LogP contribution in [0.15, 0.2) is 46.4 Å². The highest BCUT2D eigenvalue weighted by molar-refractivity contribution is 9.11. The molecule has 0 aliphatic rings. The van der Waals surface area contributed by atoms with Crippen molar-refractivity contribution in [1.29, 1.82) is 5.26 Å². The first-order valence-electron chi connectivity index (χ1n) is 5.95. The Bertz CT molecular complexity index is 841. The van der Waals surface area contributed by atoms with Crippen LogP contribution >= 0.6 is 27.3 Å². The largest absolute Gasteiger partial charge is 0.340 e. The highest BCUT2D eigenvalue weighted by Gasteiger charge is 2.12. The molecular weight excluding hydrogens is 336 g/mol. The van der Waals surface area contributed by atoms with Gasteiger partial charge in [-0.2, -0.15) is 5.26 Å². The highest BCUT2D eigenvalue weighted by Crippen LogP contribution is 2.24. The molecule has 1 aromatic carbocycles. The third-order valence-corrected chi connectivity index (χ3v) is 4.76. The number of fused-ring (bicyclic) bond motifs is 1. The van der Waals surface area contributed by atoms with E-state index in [0.29, 0.717) is 5.56 Å². The van der Waals surface area contributed by atoms with E-state index in [0.717, 1.165) is 19.6 Å².